The molecule has 0 saturated carbocycles. The Labute approximate surface area is 148 Å². The summed E-state index contributed by atoms with van der Waals surface area (Å²) in [5.41, 5.74) is 3.62. The van der Waals surface area contributed by atoms with Crippen molar-refractivity contribution in [2.45, 2.75) is 38.2 Å². The second kappa shape index (κ2) is 6.35. The number of ether oxygens (including phenoxy) is 1. The first-order valence-electron chi connectivity index (χ1n) is 8.22. The van der Waals surface area contributed by atoms with Gasteiger partial charge < -0.3 is 9.84 Å². The highest BCUT2D eigenvalue weighted by molar-refractivity contribution is 7.92. The molecule has 1 aliphatic heterocycles. The van der Waals surface area contributed by atoms with Crippen LogP contribution in [0.5, 0.6) is 5.75 Å². The Morgan fingerprint density at radius 2 is 1.84 bits per heavy atom. The lowest BCUT2D eigenvalue weighted by Crippen LogP contribution is -2.37. The standard InChI is InChI=1S/C19H23NO4S/c1-12-5-6-16-15(9-12)17(21)7-8-20(16)25(22,23)19-11-13(2)18(24-4)10-14(19)3/h5-6,9-11,17,21H,7-8H2,1-4H3. The van der Waals surface area contributed by atoms with Gasteiger partial charge in [-0.1, -0.05) is 17.7 Å². The molecule has 3 rings (SSSR count). The van der Waals surface area contributed by atoms with E-state index in [1.54, 1.807) is 32.2 Å². The van der Waals surface area contributed by atoms with Crippen LogP contribution >= 0.6 is 0 Å². The quantitative estimate of drug-likeness (QED) is 0.911. The van der Waals surface area contributed by atoms with Crippen molar-refractivity contribution in [3.8, 4) is 5.75 Å². The molecule has 6 heteroatoms. The van der Waals surface area contributed by atoms with E-state index in [1.807, 2.05) is 26.0 Å². The molecule has 5 nitrogen and oxygen atoms in total. The van der Waals surface area contributed by atoms with Crippen LogP contribution in [0.4, 0.5) is 5.69 Å². The van der Waals surface area contributed by atoms with Gasteiger partial charge in [-0.05, 0) is 56.5 Å². The van der Waals surface area contributed by atoms with Crippen LogP contribution in [-0.2, 0) is 10.0 Å². The van der Waals surface area contributed by atoms with Crippen molar-refractivity contribution >= 4 is 15.7 Å². The highest BCUT2D eigenvalue weighted by Crippen LogP contribution is 2.38. The third kappa shape index (κ3) is 3.00. The molecule has 134 valence electrons. The molecule has 2 aromatic carbocycles. The predicted octanol–water partition coefficient (Wildman–Crippen LogP) is 3.25. The molecule has 2 aromatic rings. The summed E-state index contributed by atoms with van der Waals surface area (Å²) in [6.45, 7) is 5.78. The van der Waals surface area contributed by atoms with Gasteiger partial charge in [0.15, 0.2) is 0 Å². The average molecular weight is 361 g/mol. The molecule has 1 aliphatic rings. The Bertz CT molecular complexity index is 921. The van der Waals surface area contributed by atoms with E-state index in [2.05, 4.69) is 0 Å². The van der Waals surface area contributed by atoms with Crippen molar-refractivity contribution < 1.29 is 18.3 Å². The number of methoxy groups -OCH3 is 1. The van der Waals surface area contributed by atoms with Crippen LogP contribution in [0.2, 0.25) is 0 Å². The molecular weight excluding hydrogens is 338 g/mol. The second-order valence-electron chi connectivity index (χ2n) is 6.53. The average Bonchev–Trinajstić information content (AvgIpc) is 2.57. The first kappa shape index (κ1) is 17.8. The first-order valence-corrected chi connectivity index (χ1v) is 9.66. The molecule has 0 aromatic heterocycles. The van der Waals surface area contributed by atoms with Gasteiger partial charge >= 0.3 is 0 Å². The van der Waals surface area contributed by atoms with E-state index in [0.717, 1.165) is 11.1 Å². The number of anilines is 1. The van der Waals surface area contributed by atoms with Crippen molar-refractivity contribution in [1.29, 1.82) is 0 Å². The number of aliphatic hydroxyl groups is 1. The van der Waals surface area contributed by atoms with Gasteiger partial charge in [0.2, 0.25) is 0 Å². The van der Waals surface area contributed by atoms with Crippen LogP contribution in [-0.4, -0.2) is 27.2 Å². The number of hydrogen-bond donors (Lipinski definition) is 1. The second-order valence-corrected chi connectivity index (χ2v) is 8.36. The van der Waals surface area contributed by atoms with Gasteiger partial charge in [0, 0.05) is 12.1 Å². The lowest BCUT2D eigenvalue weighted by molar-refractivity contribution is 0.166. The third-order valence-electron chi connectivity index (χ3n) is 4.68. The maximum Gasteiger partial charge on any atom is 0.264 e. The van der Waals surface area contributed by atoms with Crippen LogP contribution in [0.3, 0.4) is 0 Å². The Balaban J connectivity index is 2.14. The summed E-state index contributed by atoms with van der Waals surface area (Å²) >= 11 is 0. The van der Waals surface area contributed by atoms with E-state index in [-0.39, 0.29) is 11.4 Å². The molecule has 0 amide bonds. The number of rotatable bonds is 3. The van der Waals surface area contributed by atoms with Crippen molar-refractivity contribution in [3.05, 3.63) is 52.6 Å². The Hall–Kier alpha value is -2.05. The number of hydrogen-bond acceptors (Lipinski definition) is 4. The van der Waals surface area contributed by atoms with Crippen LogP contribution in [0.1, 0.15) is 34.8 Å². The van der Waals surface area contributed by atoms with Gasteiger partial charge in [-0.2, -0.15) is 0 Å². The maximum atomic E-state index is 13.3. The van der Waals surface area contributed by atoms with Crippen LogP contribution in [0.15, 0.2) is 35.2 Å². The predicted molar refractivity (Wildman–Crippen MR) is 97.8 cm³/mol. The zero-order valence-corrected chi connectivity index (χ0v) is 15.7. The monoisotopic (exact) mass is 361 g/mol. The molecule has 0 spiro atoms. The Morgan fingerprint density at radius 1 is 1.12 bits per heavy atom. The summed E-state index contributed by atoms with van der Waals surface area (Å²) in [7, 11) is -2.15. The summed E-state index contributed by atoms with van der Waals surface area (Å²) in [5.74, 6) is 0.668. The molecule has 0 fully saturated rings. The minimum absolute atomic E-state index is 0.254. The maximum absolute atomic E-state index is 13.3. The van der Waals surface area contributed by atoms with E-state index < -0.39 is 16.1 Å². The van der Waals surface area contributed by atoms with E-state index >= 15 is 0 Å². The zero-order valence-electron chi connectivity index (χ0n) is 14.9. The fourth-order valence-electron chi connectivity index (χ4n) is 3.31. The number of aliphatic hydroxyl groups excluding tert-OH is 1. The molecule has 0 bridgehead atoms. The van der Waals surface area contributed by atoms with Gasteiger partial charge in [-0.15, -0.1) is 0 Å². The van der Waals surface area contributed by atoms with E-state index in [0.29, 0.717) is 29.0 Å². The SMILES string of the molecule is COc1cc(C)c(S(=O)(=O)N2CCC(O)c3cc(C)ccc32)cc1C. The van der Waals surface area contributed by atoms with Crippen molar-refractivity contribution in [2.24, 2.45) is 0 Å². The molecule has 0 saturated heterocycles. The van der Waals surface area contributed by atoms with Crippen molar-refractivity contribution in [1.82, 2.24) is 0 Å². The molecule has 1 heterocycles. The Kier molecular flexibility index (Phi) is 4.51. The summed E-state index contributed by atoms with van der Waals surface area (Å²) in [6.07, 6.45) is -0.260. The third-order valence-corrected chi connectivity index (χ3v) is 6.63. The summed E-state index contributed by atoms with van der Waals surface area (Å²) in [6, 6.07) is 8.90. The molecule has 1 N–H and O–H groups in total. The molecule has 0 aliphatic carbocycles. The fourth-order valence-corrected chi connectivity index (χ4v) is 5.11. The number of fused-ring (bicyclic) bond motifs is 1. The summed E-state index contributed by atoms with van der Waals surface area (Å²) < 4.78 is 33.3. The molecule has 0 radical (unpaired) electrons. The molecule has 1 atom stereocenters. The minimum Gasteiger partial charge on any atom is -0.496 e. The summed E-state index contributed by atoms with van der Waals surface area (Å²) in [4.78, 5) is 0.272. The van der Waals surface area contributed by atoms with E-state index in [1.165, 1.54) is 4.31 Å². The van der Waals surface area contributed by atoms with Crippen LogP contribution in [0, 0.1) is 20.8 Å². The van der Waals surface area contributed by atoms with Crippen LogP contribution < -0.4 is 9.04 Å². The lowest BCUT2D eigenvalue weighted by atomic mass is 9.99. The molecular formula is C19H23NO4S. The van der Waals surface area contributed by atoms with Crippen LogP contribution in [0.25, 0.3) is 0 Å². The normalized spacial score (nSPS) is 17.3. The molecule has 1 unspecified atom stereocenters. The highest BCUT2D eigenvalue weighted by Gasteiger charge is 2.33. The van der Waals surface area contributed by atoms with Gasteiger partial charge in [0.25, 0.3) is 10.0 Å². The number of aryl methyl sites for hydroxylation is 3. The number of sulfonamides is 1. The van der Waals surface area contributed by atoms with Gasteiger partial charge in [0.05, 0.1) is 23.8 Å². The highest BCUT2D eigenvalue weighted by atomic mass is 32.2. The van der Waals surface area contributed by atoms with Crippen molar-refractivity contribution in [2.75, 3.05) is 18.0 Å². The lowest BCUT2D eigenvalue weighted by Gasteiger charge is -2.33. The van der Waals surface area contributed by atoms with Crippen molar-refractivity contribution in [3.63, 3.8) is 0 Å². The largest absolute Gasteiger partial charge is 0.496 e. The number of nitrogens with zero attached hydrogens (tertiary/aromatic N) is 1. The minimum atomic E-state index is -3.72. The number of benzene rings is 2. The molecule has 25 heavy (non-hydrogen) atoms. The Morgan fingerprint density at radius 3 is 2.52 bits per heavy atom. The fraction of sp³-hybridized carbons (Fsp3) is 0.368. The summed E-state index contributed by atoms with van der Waals surface area (Å²) in [5, 5.41) is 10.3. The topological polar surface area (TPSA) is 66.8 Å². The van der Waals surface area contributed by atoms with Gasteiger partial charge in [-0.3, -0.25) is 4.31 Å². The smallest absolute Gasteiger partial charge is 0.264 e. The van der Waals surface area contributed by atoms with E-state index in [4.69, 9.17) is 4.74 Å². The first-order chi connectivity index (χ1) is 11.8. The van der Waals surface area contributed by atoms with Gasteiger partial charge in [-0.25, -0.2) is 8.42 Å². The van der Waals surface area contributed by atoms with Gasteiger partial charge in [0.1, 0.15) is 5.75 Å². The zero-order chi connectivity index (χ0) is 18.4. The van der Waals surface area contributed by atoms with E-state index in [9.17, 15) is 13.5 Å².